The van der Waals surface area contributed by atoms with Gasteiger partial charge >= 0.3 is 24.1 Å². The fourth-order valence-electron chi connectivity index (χ4n) is 6.41. The summed E-state index contributed by atoms with van der Waals surface area (Å²) in [4.78, 5) is 57.7. The number of nitrogens with one attached hydrogen (secondary N) is 1. The molecule has 3 aliphatic rings. The lowest BCUT2D eigenvalue weighted by Gasteiger charge is -2.35. The molecule has 3 fully saturated rings. The predicted octanol–water partition coefficient (Wildman–Crippen LogP) is 4.85. The molecule has 0 aliphatic carbocycles. The number of rotatable bonds is 13. The van der Waals surface area contributed by atoms with E-state index in [2.05, 4.69) is 20.0 Å². The van der Waals surface area contributed by atoms with Crippen molar-refractivity contribution in [1.29, 1.82) is 0 Å². The van der Waals surface area contributed by atoms with Gasteiger partial charge in [-0.3, -0.25) is 9.80 Å². The number of benzene rings is 2. The number of esters is 2. The molecule has 2 aromatic rings. The predicted molar refractivity (Wildman–Crippen MR) is 232 cm³/mol. The SMILES string of the molecule is CC(C)(C)OC(=O)N1CCN(CCCO)CC1.CC(C)(C)OC(=O)N1CCN(CCCOC(=O)c2ccccc2)CC1.O=C(OCCCN1CCNCC1)c1ccccc1. The van der Waals surface area contributed by atoms with Crippen LogP contribution in [0.5, 0.6) is 0 Å². The van der Waals surface area contributed by atoms with Crippen LogP contribution in [-0.2, 0) is 18.9 Å². The normalized spacial score (nSPS) is 16.6. The molecule has 60 heavy (non-hydrogen) atoms. The van der Waals surface area contributed by atoms with Crippen molar-refractivity contribution in [2.45, 2.75) is 72.0 Å². The summed E-state index contributed by atoms with van der Waals surface area (Å²) in [5.41, 5.74) is 0.315. The fraction of sp³-hybridized carbons (Fsp3) is 0.644. The molecular weight excluding hydrogens is 769 g/mol. The Morgan fingerprint density at radius 2 is 0.883 bits per heavy atom. The Morgan fingerprint density at radius 1 is 0.533 bits per heavy atom. The molecule has 0 atom stereocenters. The van der Waals surface area contributed by atoms with E-state index in [9.17, 15) is 19.2 Å². The lowest BCUT2D eigenvalue weighted by molar-refractivity contribution is 0.0129. The van der Waals surface area contributed by atoms with Gasteiger partial charge in [-0.25, -0.2) is 19.2 Å². The van der Waals surface area contributed by atoms with Crippen molar-refractivity contribution in [3.05, 3.63) is 71.8 Å². The minimum absolute atomic E-state index is 0.223. The molecule has 0 unspecified atom stereocenters. The second kappa shape index (κ2) is 26.8. The lowest BCUT2D eigenvalue weighted by atomic mass is 10.2. The molecule has 0 saturated carbocycles. The van der Waals surface area contributed by atoms with Crippen LogP contribution in [0.3, 0.4) is 0 Å². The van der Waals surface area contributed by atoms with Gasteiger partial charge in [-0.2, -0.15) is 0 Å². The molecule has 5 rings (SSSR count). The molecule has 0 spiro atoms. The van der Waals surface area contributed by atoms with Crippen molar-refractivity contribution >= 4 is 24.1 Å². The van der Waals surface area contributed by atoms with Crippen molar-refractivity contribution in [2.24, 2.45) is 0 Å². The Hall–Kier alpha value is -4.28. The first-order chi connectivity index (χ1) is 28.6. The van der Waals surface area contributed by atoms with Gasteiger partial charge in [-0.15, -0.1) is 0 Å². The molecule has 3 saturated heterocycles. The topological polar surface area (TPSA) is 154 Å². The molecule has 2 amide bonds. The van der Waals surface area contributed by atoms with Crippen LogP contribution in [0, 0.1) is 0 Å². The number of nitrogens with zero attached hydrogens (tertiary/aromatic N) is 5. The third-order valence-electron chi connectivity index (χ3n) is 9.61. The van der Waals surface area contributed by atoms with Crippen molar-refractivity contribution in [3.8, 4) is 0 Å². The fourth-order valence-corrected chi connectivity index (χ4v) is 6.41. The van der Waals surface area contributed by atoms with E-state index in [1.54, 1.807) is 34.1 Å². The van der Waals surface area contributed by atoms with Gasteiger partial charge in [0, 0.05) is 105 Å². The lowest BCUT2D eigenvalue weighted by Crippen LogP contribution is -2.50. The van der Waals surface area contributed by atoms with Gasteiger partial charge in [0.25, 0.3) is 0 Å². The summed E-state index contributed by atoms with van der Waals surface area (Å²) in [6.45, 7) is 25.5. The molecule has 2 N–H and O–H groups in total. The first-order valence-electron chi connectivity index (χ1n) is 21.5. The number of carbonyl (C=O) groups is 4. The summed E-state index contributed by atoms with van der Waals surface area (Å²) in [6, 6.07) is 18.1. The van der Waals surface area contributed by atoms with E-state index in [4.69, 9.17) is 24.1 Å². The Kier molecular flexibility index (Phi) is 22.4. The zero-order valence-electron chi connectivity index (χ0n) is 37.1. The monoisotopic (exact) mass is 841 g/mol. The quantitative estimate of drug-likeness (QED) is 0.161. The van der Waals surface area contributed by atoms with Crippen LogP contribution in [0.4, 0.5) is 9.59 Å². The minimum atomic E-state index is -0.461. The number of amides is 2. The van der Waals surface area contributed by atoms with E-state index in [-0.39, 0.29) is 30.7 Å². The maximum absolute atomic E-state index is 12.0. The van der Waals surface area contributed by atoms with E-state index < -0.39 is 11.2 Å². The van der Waals surface area contributed by atoms with E-state index in [0.717, 1.165) is 91.3 Å². The maximum atomic E-state index is 12.0. The summed E-state index contributed by atoms with van der Waals surface area (Å²) in [5.74, 6) is -0.508. The molecule has 0 aromatic heterocycles. The Morgan fingerprint density at radius 3 is 1.23 bits per heavy atom. The number of hydrogen-bond acceptors (Lipinski definition) is 13. The van der Waals surface area contributed by atoms with Crippen LogP contribution in [0.25, 0.3) is 0 Å². The summed E-state index contributed by atoms with van der Waals surface area (Å²) < 4.78 is 21.2. The van der Waals surface area contributed by atoms with Gasteiger partial charge in [0.15, 0.2) is 0 Å². The van der Waals surface area contributed by atoms with Crippen molar-refractivity contribution in [2.75, 3.05) is 118 Å². The molecule has 0 bridgehead atoms. The van der Waals surface area contributed by atoms with Crippen LogP contribution in [0.15, 0.2) is 60.7 Å². The average molecular weight is 841 g/mol. The summed E-state index contributed by atoms with van der Waals surface area (Å²) in [6.07, 6.45) is 2.01. The molecule has 0 radical (unpaired) electrons. The molecule has 3 heterocycles. The molecule has 2 aromatic carbocycles. The maximum Gasteiger partial charge on any atom is 0.410 e. The smallest absolute Gasteiger partial charge is 0.410 e. The van der Waals surface area contributed by atoms with Gasteiger partial charge in [0.05, 0.1) is 24.3 Å². The van der Waals surface area contributed by atoms with Crippen LogP contribution < -0.4 is 5.32 Å². The molecule has 336 valence electrons. The van der Waals surface area contributed by atoms with Crippen molar-refractivity contribution < 1.29 is 43.2 Å². The largest absolute Gasteiger partial charge is 0.462 e. The van der Waals surface area contributed by atoms with Gasteiger partial charge in [0.2, 0.25) is 0 Å². The zero-order chi connectivity index (χ0) is 43.8. The summed E-state index contributed by atoms with van der Waals surface area (Å²) in [7, 11) is 0. The number of hydrogen-bond donors (Lipinski definition) is 2. The molecule has 15 nitrogen and oxygen atoms in total. The third kappa shape index (κ3) is 21.3. The van der Waals surface area contributed by atoms with Crippen LogP contribution in [-0.4, -0.2) is 183 Å². The van der Waals surface area contributed by atoms with Gasteiger partial charge in [0.1, 0.15) is 11.2 Å². The zero-order valence-corrected chi connectivity index (χ0v) is 37.1. The number of carbonyl (C=O) groups excluding carboxylic acids is 4. The highest BCUT2D eigenvalue weighted by molar-refractivity contribution is 5.89. The van der Waals surface area contributed by atoms with Crippen molar-refractivity contribution in [1.82, 2.24) is 29.8 Å². The highest BCUT2D eigenvalue weighted by Crippen LogP contribution is 2.14. The highest BCUT2D eigenvalue weighted by Gasteiger charge is 2.27. The standard InChI is InChI=1S/C19H28N2O4.C14H20N2O2.C12H24N2O3/c1-19(2,3)25-18(23)21-13-11-20(12-14-21)10-7-15-24-17(22)16-8-5-4-6-9-16;17-14(13-5-2-1-3-6-13)18-12-4-9-16-10-7-15-8-11-16;1-12(2,3)17-11(16)14-8-6-13(7-9-14)5-4-10-15/h4-6,8-9H,7,10-15H2,1-3H3;1-3,5-6,15H,4,7-12H2;15H,4-10H2,1-3H3. The summed E-state index contributed by atoms with van der Waals surface area (Å²) in [5, 5.41) is 12.1. The second-order valence-corrected chi connectivity index (χ2v) is 17.0. The third-order valence-corrected chi connectivity index (χ3v) is 9.61. The van der Waals surface area contributed by atoms with Crippen molar-refractivity contribution in [3.63, 3.8) is 0 Å². The van der Waals surface area contributed by atoms with E-state index >= 15 is 0 Å². The summed E-state index contributed by atoms with van der Waals surface area (Å²) >= 11 is 0. The van der Waals surface area contributed by atoms with Gasteiger partial charge in [-0.05, 0) is 85.1 Å². The van der Waals surface area contributed by atoms with Gasteiger partial charge in [-0.1, -0.05) is 36.4 Å². The van der Waals surface area contributed by atoms with E-state index in [1.165, 1.54) is 0 Å². The minimum Gasteiger partial charge on any atom is -0.462 e. The average Bonchev–Trinajstić information content (AvgIpc) is 3.23. The van der Waals surface area contributed by atoms with Gasteiger partial charge < -0.3 is 44.1 Å². The number of aliphatic hydroxyl groups excluding tert-OH is 1. The Bertz CT molecular complexity index is 1520. The molecular formula is C45H72N6O9. The van der Waals surface area contributed by atoms with E-state index in [0.29, 0.717) is 50.5 Å². The molecule has 15 heteroatoms. The number of ether oxygens (including phenoxy) is 4. The number of aliphatic hydroxyl groups is 1. The Balaban J connectivity index is 0.000000247. The molecule has 3 aliphatic heterocycles. The van der Waals surface area contributed by atoms with Crippen LogP contribution >= 0.6 is 0 Å². The first-order valence-corrected chi connectivity index (χ1v) is 21.5. The Labute approximate surface area is 358 Å². The van der Waals surface area contributed by atoms with E-state index in [1.807, 2.05) is 77.9 Å². The number of piperazine rings is 3. The second-order valence-electron chi connectivity index (χ2n) is 17.0. The first kappa shape index (κ1) is 50.1. The van der Waals surface area contributed by atoms with Crippen LogP contribution in [0.2, 0.25) is 0 Å². The van der Waals surface area contributed by atoms with Crippen LogP contribution in [0.1, 0.15) is 81.5 Å². The highest BCUT2D eigenvalue weighted by atomic mass is 16.6.